The molecule has 0 spiro atoms. The molecule has 0 aliphatic carbocycles. The van der Waals surface area contributed by atoms with E-state index in [1.54, 1.807) is 0 Å². The Morgan fingerprint density at radius 1 is 1.42 bits per heavy atom. The van der Waals surface area contributed by atoms with Crippen LogP contribution in [0.3, 0.4) is 0 Å². The molecule has 1 amide bonds. The Morgan fingerprint density at radius 2 is 2.11 bits per heavy atom. The largest absolute Gasteiger partial charge is 0.356 e. The molecule has 1 aliphatic heterocycles. The van der Waals surface area contributed by atoms with E-state index in [4.69, 9.17) is 0 Å². The molecule has 2 N–H and O–H groups in total. The van der Waals surface area contributed by atoms with Crippen molar-refractivity contribution in [3.8, 4) is 0 Å². The molecule has 1 fully saturated rings. The van der Waals surface area contributed by atoms with Crippen molar-refractivity contribution in [3.63, 3.8) is 0 Å². The first-order valence-corrected chi connectivity index (χ1v) is 7.41. The highest BCUT2D eigenvalue weighted by Gasteiger charge is 2.28. The molecule has 1 saturated heterocycles. The molecule has 3 nitrogen and oxygen atoms in total. The van der Waals surface area contributed by atoms with Gasteiger partial charge in [-0.25, -0.2) is 0 Å². The molecule has 0 aromatic heterocycles. The van der Waals surface area contributed by atoms with Gasteiger partial charge in [-0.05, 0) is 50.6 Å². The van der Waals surface area contributed by atoms with E-state index in [0.717, 1.165) is 38.4 Å². The Labute approximate surface area is 124 Å². The molecule has 0 aromatic carbocycles. The average molecular weight is 291 g/mol. The van der Waals surface area contributed by atoms with Gasteiger partial charge < -0.3 is 10.6 Å². The van der Waals surface area contributed by atoms with Gasteiger partial charge in [0.05, 0.1) is 0 Å². The smallest absolute Gasteiger partial charge is 0.225 e. The second-order valence-corrected chi connectivity index (χ2v) is 6.74. The van der Waals surface area contributed by atoms with Gasteiger partial charge in [0.2, 0.25) is 5.91 Å². The third-order valence-electron chi connectivity index (χ3n) is 3.77. The molecule has 0 bridgehead atoms. The normalized spacial score (nSPS) is 19.9. The molecule has 0 aromatic rings. The molecule has 1 atom stereocenters. The second-order valence-electron chi connectivity index (χ2n) is 6.74. The molecule has 1 rings (SSSR count). The summed E-state index contributed by atoms with van der Waals surface area (Å²) >= 11 is 0. The van der Waals surface area contributed by atoms with E-state index >= 15 is 0 Å². The SMILES string of the molecule is CC(C)CC(C)(C)C(=O)NCCC1CCCNC1.Cl. The van der Waals surface area contributed by atoms with Crippen LogP contribution in [0.5, 0.6) is 0 Å². The topological polar surface area (TPSA) is 41.1 Å². The molecule has 1 heterocycles. The first-order chi connectivity index (χ1) is 8.42. The lowest BCUT2D eigenvalue weighted by Crippen LogP contribution is -2.39. The van der Waals surface area contributed by atoms with Gasteiger partial charge in [-0.1, -0.05) is 27.7 Å². The monoisotopic (exact) mass is 290 g/mol. The zero-order valence-corrected chi connectivity index (χ0v) is 13.7. The van der Waals surface area contributed by atoms with E-state index in [9.17, 15) is 4.79 Å². The third kappa shape index (κ3) is 7.17. The van der Waals surface area contributed by atoms with Gasteiger partial charge in [0.15, 0.2) is 0 Å². The summed E-state index contributed by atoms with van der Waals surface area (Å²) in [5, 5.41) is 6.53. The number of amides is 1. The van der Waals surface area contributed by atoms with E-state index in [1.807, 2.05) is 13.8 Å². The summed E-state index contributed by atoms with van der Waals surface area (Å²) in [5.41, 5.74) is -0.237. The van der Waals surface area contributed by atoms with E-state index < -0.39 is 0 Å². The minimum atomic E-state index is -0.237. The quantitative estimate of drug-likeness (QED) is 0.790. The van der Waals surface area contributed by atoms with E-state index in [-0.39, 0.29) is 23.7 Å². The highest BCUT2D eigenvalue weighted by Crippen LogP contribution is 2.25. The minimum absolute atomic E-state index is 0. The van der Waals surface area contributed by atoms with Crippen LogP contribution < -0.4 is 10.6 Å². The maximum absolute atomic E-state index is 12.1. The number of halogens is 1. The highest BCUT2D eigenvalue weighted by molar-refractivity contribution is 5.85. The van der Waals surface area contributed by atoms with Gasteiger partial charge in [0, 0.05) is 12.0 Å². The zero-order valence-electron chi connectivity index (χ0n) is 12.9. The van der Waals surface area contributed by atoms with Crippen molar-refractivity contribution >= 4 is 18.3 Å². The predicted molar refractivity (Wildman–Crippen MR) is 83.7 cm³/mol. The van der Waals surface area contributed by atoms with Crippen LogP contribution in [0.25, 0.3) is 0 Å². The molecule has 19 heavy (non-hydrogen) atoms. The molecule has 4 heteroatoms. The molecule has 0 saturated carbocycles. The van der Waals surface area contributed by atoms with E-state index in [0.29, 0.717) is 5.92 Å². The number of nitrogens with one attached hydrogen (secondary N) is 2. The van der Waals surface area contributed by atoms with Crippen LogP contribution in [-0.2, 0) is 4.79 Å². The summed E-state index contributed by atoms with van der Waals surface area (Å²) in [7, 11) is 0. The Bertz CT molecular complexity index is 261. The summed E-state index contributed by atoms with van der Waals surface area (Å²) in [6.07, 6.45) is 4.63. The van der Waals surface area contributed by atoms with Crippen molar-refractivity contribution in [2.75, 3.05) is 19.6 Å². The van der Waals surface area contributed by atoms with Crippen molar-refractivity contribution in [3.05, 3.63) is 0 Å². The van der Waals surface area contributed by atoms with Gasteiger partial charge in [-0.15, -0.1) is 12.4 Å². The fraction of sp³-hybridized carbons (Fsp3) is 0.933. The van der Waals surface area contributed by atoms with E-state index in [1.165, 1.54) is 12.8 Å². The van der Waals surface area contributed by atoms with Crippen molar-refractivity contribution in [2.45, 2.75) is 53.4 Å². The lowest BCUT2D eigenvalue weighted by atomic mass is 9.83. The van der Waals surface area contributed by atoms with Crippen molar-refractivity contribution in [1.82, 2.24) is 10.6 Å². The third-order valence-corrected chi connectivity index (χ3v) is 3.77. The summed E-state index contributed by atoms with van der Waals surface area (Å²) in [6.45, 7) is 11.5. The lowest BCUT2D eigenvalue weighted by Gasteiger charge is -2.27. The zero-order chi connectivity index (χ0) is 13.6. The Hall–Kier alpha value is -0.280. The number of hydrogen-bond acceptors (Lipinski definition) is 2. The predicted octanol–water partition coefficient (Wildman–Crippen LogP) is 2.99. The first kappa shape index (κ1) is 18.7. The number of hydrogen-bond donors (Lipinski definition) is 2. The summed E-state index contributed by atoms with van der Waals surface area (Å²) in [4.78, 5) is 12.1. The first-order valence-electron chi connectivity index (χ1n) is 7.41. The summed E-state index contributed by atoms with van der Waals surface area (Å²) in [6, 6.07) is 0. The van der Waals surface area contributed by atoms with Crippen LogP contribution in [0.15, 0.2) is 0 Å². The molecular formula is C15H31ClN2O. The van der Waals surface area contributed by atoms with Gasteiger partial charge >= 0.3 is 0 Å². The Morgan fingerprint density at radius 3 is 2.63 bits per heavy atom. The minimum Gasteiger partial charge on any atom is -0.356 e. The van der Waals surface area contributed by atoms with Crippen molar-refractivity contribution in [1.29, 1.82) is 0 Å². The van der Waals surface area contributed by atoms with Gasteiger partial charge in [-0.2, -0.15) is 0 Å². The van der Waals surface area contributed by atoms with E-state index in [2.05, 4.69) is 24.5 Å². The number of piperidine rings is 1. The second kappa shape index (κ2) is 8.80. The van der Waals surface area contributed by atoms with Crippen molar-refractivity contribution < 1.29 is 4.79 Å². The molecule has 1 unspecified atom stereocenters. The van der Waals surface area contributed by atoms with Crippen LogP contribution >= 0.6 is 12.4 Å². The number of rotatable bonds is 6. The van der Waals surface area contributed by atoms with Gasteiger partial charge in [0.25, 0.3) is 0 Å². The fourth-order valence-corrected chi connectivity index (χ4v) is 2.91. The highest BCUT2D eigenvalue weighted by atomic mass is 35.5. The van der Waals surface area contributed by atoms with Crippen LogP contribution in [0.1, 0.15) is 53.4 Å². The Balaban J connectivity index is 0.00000324. The maximum Gasteiger partial charge on any atom is 0.225 e. The maximum atomic E-state index is 12.1. The van der Waals surface area contributed by atoms with Crippen LogP contribution in [-0.4, -0.2) is 25.5 Å². The van der Waals surface area contributed by atoms with Crippen LogP contribution in [0.4, 0.5) is 0 Å². The molecular weight excluding hydrogens is 260 g/mol. The summed E-state index contributed by atoms with van der Waals surface area (Å²) in [5.74, 6) is 1.51. The van der Waals surface area contributed by atoms with Gasteiger partial charge in [0.1, 0.15) is 0 Å². The van der Waals surface area contributed by atoms with Crippen LogP contribution in [0.2, 0.25) is 0 Å². The number of carbonyl (C=O) groups excluding carboxylic acids is 1. The Kier molecular flexibility index (Phi) is 8.67. The van der Waals surface area contributed by atoms with Crippen LogP contribution in [0, 0.1) is 17.3 Å². The standard InChI is InChI=1S/C15H30N2O.ClH/c1-12(2)10-15(3,4)14(18)17-9-7-13-6-5-8-16-11-13;/h12-13,16H,5-11H2,1-4H3,(H,17,18);1H. The molecule has 1 aliphatic rings. The fourth-order valence-electron chi connectivity index (χ4n) is 2.91. The average Bonchev–Trinajstić information content (AvgIpc) is 2.28. The summed E-state index contributed by atoms with van der Waals surface area (Å²) < 4.78 is 0. The number of carbonyl (C=O) groups is 1. The molecule has 0 radical (unpaired) electrons. The lowest BCUT2D eigenvalue weighted by molar-refractivity contribution is -0.130. The molecule has 114 valence electrons. The van der Waals surface area contributed by atoms with Gasteiger partial charge in [-0.3, -0.25) is 4.79 Å². The van der Waals surface area contributed by atoms with Crippen molar-refractivity contribution in [2.24, 2.45) is 17.3 Å².